The fourth-order valence-electron chi connectivity index (χ4n) is 5.44. The number of nitrogen functional groups attached to an aromatic ring is 1. The van der Waals surface area contributed by atoms with Gasteiger partial charge in [0, 0.05) is 62.7 Å². The summed E-state index contributed by atoms with van der Waals surface area (Å²) in [5.74, 6) is -4.75. The monoisotopic (exact) mass is 637 g/mol. The third-order valence-electron chi connectivity index (χ3n) is 7.75. The minimum Gasteiger partial charge on any atom is -0.475 e. The number of carboxylic acids is 1. The van der Waals surface area contributed by atoms with E-state index < -0.39 is 24.2 Å². The van der Waals surface area contributed by atoms with Gasteiger partial charge in [-0.1, -0.05) is 23.7 Å². The average Bonchev–Trinajstić information content (AvgIpc) is 3.40. The number of hydrogen-bond acceptors (Lipinski definition) is 8. The molecule has 1 aromatic heterocycles. The van der Waals surface area contributed by atoms with E-state index in [9.17, 15) is 26.7 Å². The van der Waals surface area contributed by atoms with E-state index in [1.54, 1.807) is 0 Å². The van der Waals surface area contributed by atoms with E-state index >= 15 is 0 Å². The molecule has 0 saturated carbocycles. The molecule has 1 aromatic carbocycles. The Hall–Kier alpha value is -3.24. The number of benzene rings is 1. The zero-order valence-electron chi connectivity index (χ0n) is 23.1. The molecule has 4 N–H and O–H groups in total. The molecule has 238 valence electrons. The van der Waals surface area contributed by atoms with Crippen molar-refractivity contribution in [2.24, 2.45) is 0 Å². The molecular formula is C26H33ClF5N7O4. The molecule has 2 atom stereocenters. The summed E-state index contributed by atoms with van der Waals surface area (Å²) in [5, 5.41) is 14.7. The molecule has 43 heavy (non-hydrogen) atoms. The first kappa shape index (κ1) is 32.7. The third-order valence-corrected chi connectivity index (χ3v) is 8.00. The van der Waals surface area contributed by atoms with Crippen molar-refractivity contribution in [2.75, 3.05) is 50.0 Å². The van der Waals surface area contributed by atoms with Gasteiger partial charge in [-0.2, -0.15) is 18.2 Å². The highest BCUT2D eigenvalue weighted by atomic mass is 35.5. The number of H-pyrrole nitrogens is 1. The number of carboxylic acid groups (broad SMARTS) is 1. The third kappa shape index (κ3) is 8.89. The highest BCUT2D eigenvalue weighted by molar-refractivity contribution is 6.30. The van der Waals surface area contributed by atoms with Gasteiger partial charge in [-0.05, 0) is 37.0 Å². The minimum absolute atomic E-state index is 0.0675. The number of carbonyl (C=O) groups excluding carboxylic acids is 1. The Morgan fingerprint density at radius 3 is 2.26 bits per heavy atom. The Morgan fingerprint density at radius 2 is 1.72 bits per heavy atom. The quantitative estimate of drug-likeness (QED) is 0.422. The van der Waals surface area contributed by atoms with Crippen LogP contribution in [0.15, 0.2) is 24.3 Å². The molecule has 0 radical (unpaired) electrons. The van der Waals surface area contributed by atoms with Crippen molar-refractivity contribution >= 4 is 35.4 Å². The van der Waals surface area contributed by atoms with Crippen LogP contribution in [0.2, 0.25) is 5.02 Å². The Balaban J connectivity index is 0.000000541. The van der Waals surface area contributed by atoms with E-state index in [-0.39, 0.29) is 43.9 Å². The van der Waals surface area contributed by atoms with Gasteiger partial charge in [0.15, 0.2) is 0 Å². The second-order valence-electron chi connectivity index (χ2n) is 10.7. The number of ether oxygens (including phenoxy) is 1. The van der Waals surface area contributed by atoms with Crippen molar-refractivity contribution in [3.63, 3.8) is 0 Å². The molecule has 3 aliphatic rings. The summed E-state index contributed by atoms with van der Waals surface area (Å²) < 4.78 is 65.0. The first-order chi connectivity index (χ1) is 20.2. The molecule has 17 heteroatoms. The molecule has 0 spiro atoms. The Bertz CT molecular complexity index is 1230. The van der Waals surface area contributed by atoms with Gasteiger partial charge in [0.05, 0.1) is 6.61 Å². The van der Waals surface area contributed by atoms with Gasteiger partial charge in [0.1, 0.15) is 6.10 Å². The lowest BCUT2D eigenvalue weighted by atomic mass is 9.96. The highest BCUT2D eigenvalue weighted by Crippen LogP contribution is 2.30. The number of carbonyl (C=O) groups is 2. The van der Waals surface area contributed by atoms with Crippen LogP contribution in [0, 0.1) is 0 Å². The smallest absolute Gasteiger partial charge is 0.475 e. The van der Waals surface area contributed by atoms with E-state index in [4.69, 9.17) is 32.0 Å². The molecule has 0 bridgehead atoms. The number of aromatic amines is 1. The summed E-state index contributed by atoms with van der Waals surface area (Å²) in [6.07, 6.45) is -3.79. The summed E-state index contributed by atoms with van der Waals surface area (Å²) in [6.45, 7) is 2.53. The maximum Gasteiger partial charge on any atom is 0.490 e. The summed E-state index contributed by atoms with van der Waals surface area (Å²) in [6, 6.07) is 8.13. The Labute approximate surface area is 249 Å². The number of piperidine rings is 2. The van der Waals surface area contributed by atoms with Crippen LogP contribution >= 0.6 is 11.6 Å². The molecule has 2 aromatic rings. The van der Waals surface area contributed by atoms with Crippen LogP contribution in [-0.2, 0) is 20.7 Å². The van der Waals surface area contributed by atoms with E-state index in [1.165, 1.54) is 4.90 Å². The van der Waals surface area contributed by atoms with Gasteiger partial charge in [-0.15, -0.1) is 5.10 Å². The number of anilines is 2. The largest absolute Gasteiger partial charge is 0.490 e. The Morgan fingerprint density at radius 1 is 1.12 bits per heavy atom. The molecule has 1 amide bonds. The number of aliphatic carboxylic acids is 1. The number of nitrogens with zero attached hydrogens (tertiary/aromatic N) is 5. The maximum absolute atomic E-state index is 13.6. The molecular weight excluding hydrogens is 605 g/mol. The number of nitrogens with two attached hydrogens (primary N) is 1. The van der Waals surface area contributed by atoms with Gasteiger partial charge in [0.25, 0.3) is 11.8 Å². The lowest BCUT2D eigenvalue weighted by Crippen LogP contribution is -2.60. The van der Waals surface area contributed by atoms with Crippen molar-refractivity contribution in [1.82, 2.24) is 25.0 Å². The second-order valence-corrected chi connectivity index (χ2v) is 11.2. The number of hydrogen-bond donors (Lipinski definition) is 3. The predicted octanol–water partition coefficient (Wildman–Crippen LogP) is 3.21. The van der Waals surface area contributed by atoms with Crippen molar-refractivity contribution in [3.8, 4) is 0 Å². The van der Waals surface area contributed by atoms with Crippen molar-refractivity contribution in [1.29, 1.82) is 0 Å². The summed E-state index contributed by atoms with van der Waals surface area (Å²) in [4.78, 5) is 32.4. The number of nitrogens with one attached hydrogen (secondary N) is 1. The maximum atomic E-state index is 13.6. The van der Waals surface area contributed by atoms with Crippen LogP contribution in [0.3, 0.4) is 0 Å². The molecule has 3 saturated heterocycles. The fourth-order valence-corrected chi connectivity index (χ4v) is 5.57. The van der Waals surface area contributed by atoms with Crippen molar-refractivity contribution in [2.45, 2.75) is 62.4 Å². The zero-order chi connectivity index (χ0) is 31.4. The first-order valence-corrected chi connectivity index (χ1v) is 14.1. The first-order valence-electron chi connectivity index (χ1n) is 13.7. The summed E-state index contributed by atoms with van der Waals surface area (Å²) in [7, 11) is 0. The number of alkyl halides is 5. The minimum atomic E-state index is -5.08. The molecule has 4 heterocycles. The number of halogens is 6. The van der Waals surface area contributed by atoms with Crippen LogP contribution in [0.1, 0.15) is 31.2 Å². The van der Waals surface area contributed by atoms with Gasteiger partial charge >= 0.3 is 12.1 Å². The molecule has 3 aliphatic heterocycles. The lowest BCUT2D eigenvalue weighted by molar-refractivity contribution is -0.192. The molecule has 0 aliphatic carbocycles. The predicted molar refractivity (Wildman–Crippen MR) is 146 cm³/mol. The van der Waals surface area contributed by atoms with Crippen molar-refractivity contribution in [3.05, 3.63) is 34.9 Å². The molecule has 5 rings (SSSR count). The Kier molecular flexibility index (Phi) is 10.3. The van der Waals surface area contributed by atoms with Crippen molar-refractivity contribution < 1.29 is 41.4 Å². The van der Waals surface area contributed by atoms with E-state index in [0.29, 0.717) is 30.1 Å². The van der Waals surface area contributed by atoms with Crippen LogP contribution in [0.4, 0.5) is 33.8 Å². The van der Waals surface area contributed by atoms with Gasteiger partial charge in [-0.25, -0.2) is 18.7 Å². The summed E-state index contributed by atoms with van der Waals surface area (Å²) in [5.41, 5.74) is 6.83. The van der Waals surface area contributed by atoms with Crippen LogP contribution in [0.25, 0.3) is 0 Å². The topological polar surface area (TPSA) is 141 Å². The average molecular weight is 638 g/mol. The van der Waals surface area contributed by atoms with Gasteiger partial charge in [-0.3, -0.25) is 9.69 Å². The number of morpholine rings is 1. The number of rotatable bonds is 5. The molecule has 0 unspecified atom stereocenters. The van der Waals surface area contributed by atoms with Gasteiger partial charge < -0.3 is 25.4 Å². The van der Waals surface area contributed by atoms with Gasteiger partial charge in [0.2, 0.25) is 11.9 Å². The number of aromatic nitrogens is 3. The van der Waals surface area contributed by atoms with Crippen LogP contribution in [-0.4, -0.2) is 112 Å². The zero-order valence-corrected chi connectivity index (χ0v) is 23.8. The number of likely N-dealkylation sites (tertiary alicyclic amines) is 1. The second kappa shape index (κ2) is 13.6. The standard InChI is InChI=1S/C24H32ClF2N7O2.C2HF3O2/c25-17-3-1-16(2-4-17)13-19-15-36-20(21(35)32-11-7-24(26,27)8-12-32)14-34(19)18-5-9-33(10-6-18)23-29-22(28)30-31-23;3-2(4,5)1(6)7/h1-4,18-20H,5-15H2,(H3,28,29,30,31);(H,6,7)/t19-,20+;/m0./s1. The molecule has 11 nitrogen and oxygen atoms in total. The van der Waals surface area contributed by atoms with Crippen LogP contribution in [0.5, 0.6) is 0 Å². The fraction of sp³-hybridized carbons (Fsp3) is 0.615. The lowest BCUT2D eigenvalue weighted by Gasteiger charge is -2.47. The van der Waals surface area contributed by atoms with Crippen LogP contribution < -0.4 is 10.6 Å². The van der Waals surface area contributed by atoms with E-state index in [2.05, 4.69) is 25.0 Å². The van der Waals surface area contributed by atoms with E-state index in [1.807, 2.05) is 24.3 Å². The molecule has 3 fully saturated rings. The highest BCUT2D eigenvalue weighted by Gasteiger charge is 2.42. The SMILES string of the molecule is Nc1nc(N2CCC(N3C[C@H](C(=O)N4CCC(F)(F)CC4)OC[C@@H]3Cc3ccc(Cl)cc3)CC2)n[nH]1.O=C(O)C(F)(F)F. The number of amides is 1. The normalized spacial score (nSPS) is 23.4. The summed E-state index contributed by atoms with van der Waals surface area (Å²) >= 11 is 6.07. The van der Waals surface area contributed by atoms with E-state index in [0.717, 1.165) is 37.9 Å².